The van der Waals surface area contributed by atoms with E-state index in [1.807, 2.05) is 0 Å². The van der Waals surface area contributed by atoms with Gasteiger partial charge in [0.2, 0.25) is 10.0 Å². The summed E-state index contributed by atoms with van der Waals surface area (Å²) in [5.74, 6) is 0.580. The molecule has 2 rings (SSSR count). The average molecular weight is 322 g/mol. The van der Waals surface area contributed by atoms with Crippen molar-refractivity contribution in [1.29, 1.82) is 0 Å². The second kappa shape index (κ2) is 5.47. The van der Waals surface area contributed by atoms with E-state index in [-0.39, 0.29) is 28.7 Å². The van der Waals surface area contributed by atoms with Crippen molar-refractivity contribution in [2.75, 3.05) is 11.5 Å². The molecular formula is C11H18N2O5S2. The van der Waals surface area contributed by atoms with Crippen LogP contribution in [-0.4, -0.2) is 34.4 Å². The van der Waals surface area contributed by atoms with E-state index < -0.39 is 25.9 Å². The van der Waals surface area contributed by atoms with E-state index in [1.54, 1.807) is 0 Å². The van der Waals surface area contributed by atoms with Crippen LogP contribution in [0.15, 0.2) is 15.4 Å². The summed E-state index contributed by atoms with van der Waals surface area (Å²) in [6.07, 6.45) is 0.979. The van der Waals surface area contributed by atoms with Gasteiger partial charge in [-0.2, -0.15) is 0 Å². The fourth-order valence-corrected chi connectivity index (χ4v) is 5.51. The minimum Gasteiger partial charge on any atom is -0.464 e. The molecule has 1 aliphatic rings. The normalized spacial score (nSPS) is 22.8. The second-order valence-corrected chi connectivity index (χ2v) is 8.82. The highest BCUT2D eigenvalue weighted by molar-refractivity contribution is 7.91. The smallest absolute Gasteiger partial charge is 0.244 e. The predicted octanol–water partition coefficient (Wildman–Crippen LogP) is -0.0978. The van der Waals surface area contributed by atoms with E-state index in [4.69, 9.17) is 10.2 Å². The molecule has 1 aromatic rings. The van der Waals surface area contributed by atoms with Crippen LogP contribution in [0.4, 0.5) is 0 Å². The first-order valence-electron chi connectivity index (χ1n) is 6.25. The van der Waals surface area contributed by atoms with Gasteiger partial charge in [0.1, 0.15) is 16.4 Å². The molecule has 0 aromatic carbocycles. The molecule has 0 amide bonds. The molecule has 1 atom stereocenters. The summed E-state index contributed by atoms with van der Waals surface area (Å²) in [5, 5.41) is 0. The molecule has 1 aliphatic heterocycles. The van der Waals surface area contributed by atoms with Gasteiger partial charge in [0.05, 0.1) is 18.1 Å². The molecule has 3 N–H and O–H groups in total. The highest BCUT2D eigenvalue weighted by atomic mass is 32.2. The Morgan fingerprint density at radius 3 is 2.75 bits per heavy atom. The summed E-state index contributed by atoms with van der Waals surface area (Å²) < 4.78 is 55.2. The van der Waals surface area contributed by atoms with E-state index >= 15 is 0 Å². The Labute approximate surface area is 118 Å². The topological polar surface area (TPSA) is 119 Å². The van der Waals surface area contributed by atoms with Gasteiger partial charge in [-0.25, -0.2) is 21.6 Å². The zero-order chi connectivity index (χ0) is 15.0. The van der Waals surface area contributed by atoms with Crippen LogP contribution >= 0.6 is 0 Å². The summed E-state index contributed by atoms with van der Waals surface area (Å²) in [5.41, 5.74) is 5.41. The van der Waals surface area contributed by atoms with Crippen LogP contribution < -0.4 is 10.5 Å². The van der Waals surface area contributed by atoms with Crippen molar-refractivity contribution < 1.29 is 21.3 Å². The first-order valence-corrected chi connectivity index (χ1v) is 9.56. The van der Waals surface area contributed by atoms with Gasteiger partial charge in [0, 0.05) is 12.1 Å². The molecule has 20 heavy (non-hydrogen) atoms. The van der Waals surface area contributed by atoms with Crippen LogP contribution in [0.1, 0.15) is 24.4 Å². The summed E-state index contributed by atoms with van der Waals surface area (Å²) in [6, 6.07) is 0.781. The molecule has 2 heterocycles. The van der Waals surface area contributed by atoms with Crippen LogP contribution in [0.2, 0.25) is 0 Å². The SMILES string of the molecule is Cc1oc(CN)cc1S(=O)(=O)NC1CCCS(=O)(=O)C1. The minimum atomic E-state index is -3.79. The third-order valence-corrected chi connectivity index (χ3v) is 6.65. The number of sulfonamides is 1. The molecule has 1 unspecified atom stereocenters. The molecule has 1 aromatic heterocycles. The van der Waals surface area contributed by atoms with Crippen molar-refractivity contribution in [3.05, 3.63) is 17.6 Å². The number of hydrogen-bond acceptors (Lipinski definition) is 6. The van der Waals surface area contributed by atoms with Crippen molar-refractivity contribution in [2.45, 2.75) is 37.2 Å². The molecule has 0 bridgehead atoms. The maximum atomic E-state index is 12.3. The van der Waals surface area contributed by atoms with Crippen molar-refractivity contribution in [3.63, 3.8) is 0 Å². The molecule has 1 saturated heterocycles. The molecule has 9 heteroatoms. The number of aryl methyl sites for hydroxylation is 1. The fraction of sp³-hybridized carbons (Fsp3) is 0.636. The van der Waals surface area contributed by atoms with Gasteiger partial charge < -0.3 is 10.2 Å². The molecule has 0 saturated carbocycles. The summed E-state index contributed by atoms with van der Waals surface area (Å²) >= 11 is 0. The Bertz CT molecular complexity index is 690. The summed E-state index contributed by atoms with van der Waals surface area (Å²) in [4.78, 5) is 0.0147. The molecule has 0 radical (unpaired) electrons. The van der Waals surface area contributed by atoms with Crippen LogP contribution in [0.5, 0.6) is 0 Å². The second-order valence-electron chi connectivity index (χ2n) is 4.91. The minimum absolute atomic E-state index is 0.0147. The van der Waals surface area contributed by atoms with Crippen molar-refractivity contribution >= 4 is 19.9 Å². The van der Waals surface area contributed by atoms with E-state index in [2.05, 4.69) is 4.72 Å². The summed E-state index contributed by atoms with van der Waals surface area (Å²) in [6.45, 7) is 1.64. The summed E-state index contributed by atoms with van der Waals surface area (Å²) in [7, 11) is -6.96. The highest BCUT2D eigenvalue weighted by Crippen LogP contribution is 2.21. The first kappa shape index (κ1) is 15.5. The average Bonchev–Trinajstić information content (AvgIpc) is 2.69. The standard InChI is InChI=1S/C11H18N2O5S2/c1-8-11(5-10(6-12)18-8)20(16,17)13-9-3-2-4-19(14,15)7-9/h5,9,13H,2-4,6-7,12H2,1H3. The Morgan fingerprint density at radius 1 is 1.50 bits per heavy atom. The number of rotatable bonds is 4. The lowest BCUT2D eigenvalue weighted by Crippen LogP contribution is -2.43. The largest absolute Gasteiger partial charge is 0.464 e. The quantitative estimate of drug-likeness (QED) is 0.799. The van der Waals surface area contributed by atoms with E-state index in [1.165, 1.54) is 13.0 Å². The van der Waals surface area contributed by atoms with Crippen LogP contribution in [0.3, 0.4) is 0 Å². The third-order valence-electron chi connectivity index (χ3n) is 3.20. The van der Waals surface area contributed by atoms with Gasteiger partial charge in [-0.05, 0) is 19.8 Å². The fourth-order valence-electron chi connectivity index (χ4n) is 2.29. The van der Waals surface area contributed by atoms with Crippen LogP contribution in [0.25, 0.3) is 0 Å². The molecule has 0 spiro atoms. The number of nitrogens with two attached hydrogens (primary N) is 1. The number of nitrogens with one attached hydrogen (secondary N) is 1. The molecule has 0 aliphatic carbocycles. The zero-order valence-corrected chi connectivity index (χ0v) is 12.8. The van der Waals surface area contributed by atoms with Gasteiger partial charge >= 0.3 is 0 Å². The Morgan fingerprint density at radius 2 is 2.20 bits per heavy atom. The van der Waals surface area contributed by atoms with Crippen molar-refractivity contribution in [3.8, 4) is 0 Å². The Hall–Kier alpha value is -0.900. The third kappa shape index (κ3) is 3.40. The lowest BCUT2D eigenvalue weighted by atomic mass is 10.2. The first-order chi connectivity index (χ1) is 9.23. The van der Waals surface area contributed by atoms with Crippen molar-refractivity contribution in [1.82, 2.24) is 4.72 Å². The maximum Gasteiger partial charge on any atom is 0.244 e. The molecule has 114 valence electrons. The maximum absolute atomic E-state index is 12.3. The van der Waals surface area contributed by atoms with Crippen LogP contribution in [0, 0.1) is 6.92 Å². The van der Waals surface area contributed by atoms with Gasteiger partial charge in [0.25, 0.3) is 0 Å². The lowest BCUT2D eigenvalue weighted by Gasteiger charge is -2.22. The van der Waals surface area contributed by atoms with E-state index in [9.17, 15) is 16.8 Å². The van der Waals surface area contributed by atoms with Gasteiger partial charge in [-0.15, -0.1) is 0 Å². The number of furan rings is 1. The zero-order valence-electron chi connectivity index (χ0n) is 11.1. The van der Waals surface area contributed by atoms with E-state index in [0.29, 0.717) is 18.6 Å². The lowest BCUT2D eigenvalue weighted by molar-refractivity contribution is 0.477. The monoisotopic (exact) mass is 322 g/mol. The molecular weight excluding hydrogens is 304 g/mol. The van der Waals surface area contributed by atoms with Gasteiger partial charge in [-0.3, -0.25) is 0 Å². The Kier molecular flexibility index (Phi) is 4.24. The number of sulfone groups is 1. The highest BCUT2D eigenvalue weighted by Gasteiger charge is 2.30. The predicted molar refractivity (Wildman–Crippen MR) is 73.3 cm³/mol. The molecule has 7 nitrogen and oxygen atoms in total. The van der Waals surface area contributed by atoms with E-state index in [0.717, 1.165) is 0 Å². The Balaban J connectivity index is 2.20. The number of hydrogen-bond donors (Lipinski definition) is 2. The van der Waals surface area contributed by atoms with Crippen LogP contribution in [-0.2, 0) is 26.4 Å². The van der Waals surface area contributed by atoms with Gasteiger partial charge in [0.15, 0.2) is 9.84 Å². The van der Waals surface area contributed by atoms with Gasteiger partial charge in [-0.1, -0.05) is 0 Å². The molecule has 1 fully saturated rings. The van der Waals surface area contributed by atoms with Crippen molar-refractivity contribution in [2.24, 2.45) is 5.73 Å².